The monoisotopic (exact) mass is 401 g/mol. The highest BCUT2D eigenvalue weighted by atomic mass is 32.2. The summed E-state index contributed by atoms with van der Waals surface area (Å²) in [6, 6.07) is 17.6. The van der Waals surface area contributed by atoms with Crippen LogP contribution in [0.5, 0.6) is 11.5 Å². The summed E-state index contributed by atoms with van der Waals surface area (Å²) < 4.78 is 23.9. The number of hydrogen-bond acceptors (Lipinski definition) is 4. The van der Waals surface area contributed by atoms with Gasteiger partial charge in [0.2, 0.25) is 0 Å². The summed E-state index contributed by atoms with van der Waals surface area (Å²) in [5.41, 5.74) is 1.09. The molecule has 1 aliphatic rings. The Labute approximate surface area is 168 Å². The largest absolute Gasteiger partial charge is 0.486 e. The van der Waals surface area contributed by atoms with Crippen LogP contribution in [0.3, 0.4) is 0 Å². The van der Waals surface area contributed by atoms with Crippen LogP contribution in [0.2, 0.25) is 0 Å². The first-order valence-electron chi connectivity index (χ1n) is 9.54. The first-order valence-corrected chi connectivity index (χ1v) is 11.0. The molecule has 1 heterocycles. The van der Waals surface area contributed by atoms with Crippen LogP contribution in [0.25, 0.3) is 0 Å². The molecular weight excluding hydrogens is 374 g/mol. The zero-order valence-corrected chi connectivity index (χ0v) is 16.9. The van der Waals surface area contributed by atoms with E-state index in [0.717, 1.165) is 23.6 Å². The maximum Gasteiger partial charge on any atom is 0.191 e. The molecule has 3 rings (SSSR count). The third-order valence-corrected chi connectivity index (χ3v) is 5.47. The predicted molar refractivity (Wildman–Crippen MR) is 113 cm³/mol. The molecule has 2 N–H and O–H groups in total. The fourth-order valence-corrected chi connectivity index (χ4v) is 3.84. The Bertz CT molecular complexity index is 798. The number of benzene rings is 2. The van der Waals surface area contributed by atoms with Crippen LogP contribution in [0.15, 0.2) is 59.6 Å². The average molecular weight is 402 g/mol. The van der Waals surface area contributed by atoms with Gasteiger partial charge in [-0.25, -0.2) is 4.99 Å². The number of para-hydroxylation sites is 2. The molecule has 28 heavy (non-hydrogen) atoms. The first kappa shape index (κ1) is 20.2. The minimum absolute atomic E-state index is 0.127. The summed E-state index contributed by atoms with van der Waals surface area (Å²) in [7, 11) is -0.914. The molecule has 150 valence electrons. The lowest BCUT2D eigenvalue weighted by atomic mass is 10.2. The number of aliphatic imine (C=N–C) groups is 1. The quantitative estimate of drug-likeness (QED) is 0.525. The summed E-state index contributed by atoms with van der Waals surface area (Å²) in [4.78, 5) is 4.58. The van der Waals surface area contributed by atoms with Gasteiger partial charge in [-0.2, -0.15) is 0 Å². The maximum absolute atomic E-state index is 12.2. The van der Waals surface area contributed by atoms with E-state index in [1.54, 1.807) is 0 Å². The van der Waals surface area contributed by atoms with Crippen LogP contribution < -0.4 is 20.1 Å². The Morgan fingerprint density at radius 1 is 1.11 bits per heavy atom. The highest BCUT2D eigenvalue weighted by molar-refractivity contribution is 7.84. The van der Waals surface area contributed by atoms with Gasteiger partial charge in [0.25, 0.3) is 0 Å². The molecule has 6 nitrogen and oxygen atoms in total. The fraction of sp³-hybridized carbons (Fsp3) is 0.381. The lowest BCUT2D eigenvalue weighted by molar-refractivity contribution is 0.0971. The summed E-state index contributed by atoms with van der Waals surface area (Å²) in [6.45, 7) is 4.32. The smallest absolute Gasteiger partial charge is 0.191 e. The van der Waals surface area contributed by atoms with Crippen LogP contribution in [0.1, 0.15) is 12.5 Å². The molecule has 1 aliphatic heterocycles. The van der Waals surface area contributed by atoms with Crippen LogP contribution in [0, 0.1) is 0 Å². The van der Waals surface area contributed by atoms with E-state index in [2.05, 4.69) is 15.6 Å². The van der Waals surface area contributed by atoms with Crippen molar-refractivity contribution in [1.82, 2.24) is 10.6 Å². The van der Waals surface area contributed by atoms with Crippen molar-refractivity contribution in [3.63, 3.8) is 0 Å². The van der Waals surface area contributed by atoms with Gasteiger partial charge in [-0.05, 0) is 24.6 Å². The third kappa shape index (κ3) is 6.27. The molecule has 0 aromatic heterocycles. The zero-order chi connectivity index (χ0) is 19.6. The van der Waals surface area contributed by atoms with Gasteiger partial charge in [0.1, 0.15) is 6.61 Å². The topological polar surface area (TPSA) is 72.0 Å². The Kier molecular flexibility index (Phi) is 7.72. The van der Waals surface area contributed by atoms with Gasteiger partial charge in [0.05, 0.1) is 6.54 Å². The molecule has 0 amide bonds. The molecule has 0 bridgehead atoms. The molecule has 2 atom stereocenters. The molecule has 0 spiro atoms. The summed E-state index contributed by atoms with van der Waals surface area (Å²) in [5.74, 6) is 3.36. The number of fused-ring (bicyclic) bond motifs is 1. The standard InChI is InChI=1S/C21H27N3O3S/c1-2-22-21(23-12-13-28(25)16-17-8-4-3-5-9-17)24-14-18-15-26-19-10-6-7-11-20(19)27-18/h3-11,18H,2,12-16H2,1H3,(H2,22,23,24). The molecule has 2 aromatic carbocycles. The molecule has 0 radical (unpaired) electrons. The van der Waals surface area contributed by atoms with E-state index in [1.165, 1.54) is 0 Å². The van der Waals surface area contributed by atoms with Gasteiger partial charge in [-0.1, -0.05) is 42.5 Å². The van der Waals surface area contributed by atoms with Crippen molar-refractivity contribution in [2.45, 2.75) is 18.8 Å². The second kappa shape index (κ2) is 10.7. The van der Waals surface area contributed by atoms with Gasteiger partial charge >= 0.3 is 0 Å². The van der Waals surface area contributed by atoms with E-state index in [9.17, 15) is 4.21 Å². The van der Waals surface area contributed by atoms with Crippen molar-refractivity contribution >= 4 is 16.8 Å². The number of nitrogens with one attached hydrogen (secondary N) is 2. The highest BCUT2D eigenvalue weighted by Crippen LogP contribution is 2.30. The van der Waals surface area contributed by atoms with Crippen molar-refractivity contribution in [1.29, 1.82) is 0 Å². The summed E-state index contributed by atoms with van der Waals surface area (Å²) >= 11 is 0. The van der Waals surface area contributed by atoms with Gasteiger partial charge in [-0.15, -0.1) is 0 Å². The second-order valence-electron chi connectivity index (χ2n) is 6.42. The van der Waals surface area contributed by atoms with Crippen molar-refractivity contribution in [3.8, 4) is 11.5 Å². The van der Waals surface area contributed by atoms with Gasteiger partial charge in [0.15, 0.2) is 23.6 Å². The minimum atomic E-state index is -0.914. The third-order valence-electron chi connectivity index (χ3n) is 4.16. The van der Waals surface area contributed by atoms with Gasteiger partial charge < -0.3 is 20.1 Å². The Morgan fingerprint density at radius 2 is 1.86 bits per heavy atom. The Hall–Kier alpha value is -2.54. The van der Waals surface area contributed by atoms with Crippen LogP contribution in [-0.2, 0) is 16.6 Å². The maximum atomic E-state index is 12.2. The Balaban J connectivity index is 1.44. The second-order valence-corrected chi connectivity index (χ2v) is 7.99. The van der Waals surface area contributed by atoms with Crippen molar-refractivity contribution < 1.29 is 13.7 Å². The van der Waals surface area contributed by atoms with E-state index in [0.29, 0.717) is 37.2 Å². The number of guanidine groups is 1. The molecule has 2 unspecified atom stereocenters. The SMILES string of the molecule is CCNC(=NCC1COc2ccccc2O1)NCCS(=O)Cc1ccccc1. The molecule has 0 saturated heterocycles. The van der Waals surface area contributed by atoms with E-state index in [1.807, 2.05) is 61.5 Å². The number of ether oxygens (including phenoxy) is 2. The number of rotatable bonds is 8. The highest BCUT2D eigenvalue weighted by Gasteiger charge is 2.20. The average Bonchev–Trinajstić information content (AvgIpc) is 2.72. The van der Waals surface area contributed by atoms with Crippen LogP contribution >= 0.6 is 0 Å². The Morgan fingerprint density at radius 3 is 2.64 bits per heavy atom. The fourth-order valence-electron chi connectivity index (χ4n) is 2.80. The molecule has 0 fully saturated rings. The molecule has 2 aromatic rings. The molecular formula is C21H27N3O3S. The van der Waals surface area contributed by atoms with E-state index in [-0.39, 0.29) is 6.10 Å². The summed E-state index contributed by atoms with van der Waals surface area (Å²) in [6.07, 6.45) is -0.127. The number of hydrogen-bond donors (Lipinski definition) is 2. The van der Waals surface area contributed by atoms with Gasteiger partial charge in [0, 0.05) is 35.4 Å². The van der Waals surface area contributed by atoms with Crippen molar-refractivity contribution in [3.05, 3.63) is 60.2 Å². The normalized spacial score (nSPS) is 17.0. The lowest BCUT2D eigenvalue weighted by Crippen LogP contribution is -2.40. The van der Waals surface area contributed by atoms with Crippen molar-refractivity contribution in [2.24, 2.45) is 4.99 Å². The van der Waals surface area contributed by atoms with Crippen LogP contribution in [-0.4, -0.2) is 48.3 Å². The first-order chi connectivity index (χ1) is 13.7. The number of nitrogens with zero attached hydrogens (tertiary/aromatic N) is 1. The van der Waals surface area contributed by atoms with E-state index in [4.69, 9.17) is 9.47 Å². The molecule has 0 aliphatic carbocycles. The van der Waals surface area contributed by atoms with Gasteiger partial charge in [-0.3, -0.25) is 4.21 Å². The predicted octanol–water partition coefficient (Wildman–Crippen LogP) is 2.33. The van der Waals surface area contributed by atoms with E-state index >= 15 is 0 Å². The van der Waals surface area contributed by atoms with Crippen molar-refractivity contribution in [2.75, 3.05) is 32.0 Å². The zero-order valence-electron chi connectivity index (χ0n) is 16.1. The molecule has 7 heteroatoms. The molecule has 0 saturated carbocycles. The van der Waals surface area contributed by atoms with E-state index < -0.39 is 10.8 Å². The van der Waals surface area contributed by atoms with Crippen LogP contribution in [0.4, 0.5) is 0 Å². The lowest BCUT2D eigenvalue weighted by Gasteiger charge is -2.25. The minimum Gasteiger partial charge on any atom is -0.486 e. The summed E-state index contributed by atoms with van der Waals surface area (Å²) in [5, 5.41) is 6.45.